The van der Waals surface area contributed by atoms with Crippen LogP contribution in [0, 0.1) is 0 Å². The fraction of sp³-hybridized carbons (Fsp3) is 0.385. The summed E-state index contributed by atoms with van der Waals surface area (Å²) in [5.74, 6) is -0.280. The molecule has 6 N–H and O–H groups in total. The van der Waals surface area contributed by atoms with Gasteiger partial charge in [-0.25, -0.2) is 4.79 Å². The number of rotatable bonds is 17. The van der Waals surface area contributed by atoms with Gasteiger partial charge in [-0.05, 0) is 83.5 Å². The largest absolute Gasteiger partial charge is 0.414 e. The summed E-state index contributed by atoms with van der Waals surface area (Å²) in [6, 6.07) is 27.7. The van der Waals surface area contributed by atoms with Crippen LogP contribution < -0.4 is 22.1 Å². The molecule has 2 unspecified atom stereocenters. The van der Waals surface area contributed by atoms with Crippen LogP contribution in [0.1, 0.15) is 61.5 Å². The summed E-state index contributed by atoms with van der Waals surface area (Å²) in [5.41, 5.74) is 12.6. The highest BCUT2D eigenvalue weighted by atomic mass is 16.6. The lowest BCUT2D eigenvalue weighted by molar-refractivity contribution is -0.123. The second kappa shape index (κ2) is 19.1. The van der Waals surface area contributed by atoms with Gasteiger partial charge in [-0.15, -0.1) is 0 Å². The number of hydrogen-bond acceptors (Lipinski definition) is 6. The SMILES string of the molecule is CC=C(OC(=O)N(C)C(C)CNC(=O)[C@H](CCCN=C(N)N)NC(=O)c1ccccc1)C(CC(C)N(C)C)(c1ccccc1)c1ccccc1. The smallest absolute Gasteiger partial charge is 0.414 e. The number of benzene rings is 3. The van der Waals surface area contributed by atoms with Crippen LogP contribution in [0.3, 0.4) is 0 Å². The van der Waals surface area contributed by atoms with Crippen LogP contribution in [0.5, 0.6) is 0 Å². The minimum absolute atomic E-state index is 0.0406. The van der Waals surface area contributed by atoms with Gasteiger partial charge in [-0.3, -0.25) is 14.6 Å². The van der Waals surface area contributed by atoms with Gasteiger partial charge in [-0.1, -0.05) is 78.9 Å². The van der Waals surface area contributed by atoms with E-state index in [1.807, 2.05) is 76.5 Å². The number of carbonyl (C=O) groups excluding carboxylic acids is 3. The van der Waals surface area contributed by atoms with Gasteiger partial charge in [0.1, 0.15) is 11.8 Å². The van der Waals surface area contributed by atoms with Gasteiger partial charge in [0, 0.05) is 37.8 Å². The molecule has 0 saturated heterocycles. The molecule has 3 rings (SSSR count). The van der Waals surface area contributed by atoms with E-state index in [1.54, 1.807) is 31.3 Å². The van der Waals surface area contributed by atoms with E-state index in [4.69, 9.17) is 16.2 Å². The molecule has 50 heavy (non-hydrogen) atoms. The number of nitrogens with zero attached hydrogens (tertiary/aromatic N) is 3. The normalized spacial score (nSPS) is 13.5. The number of hydrogen-bond donors (Lipinski definition) is 4. The fourth-order valence-corrected chi connectivity index (χ4v) is 5.71. The number of nitrogens with two attached hydrogens (primary N) is 2. The first kappa shape index (κ1) is 39.3. The van der Waals surface area contributed by atoms with Gasteiger partial charge >= 0.3 is 6.09 Å². The summed E-state index contributed by atoms with van der Waals surface area (Å²) in [6.45, 7) is 6.30. The van der Waals surface area contributed by atoms with Crippen molar-refractivity contribution >= 4 is 23.9 Å². The lowest BCUT2D eigenvalue weighted by Crippen LogP contribution is -2.50. The molecular formula is C39H53N7O4. The zero-order valence-electron chi connectivity index (χ0n) is 30.1. The van der Waals surface area contributed by atoms with Crippen molar-refractivity contribution in [3.8, 4) is 0 Å². The molecule has 3 amide bonds. The first-order valence-electron chi connectivity index (χ1n) is 17.0. The maximum Gasteiger partial charge on any atom is 0.414 e. The summed E-state index contributed by atoms with van der Waals surface area (Å²) >= 11 is 0. The van der Waals surface area contributed by atoms with Crippen LogP contribution in [0.15, 0.2) is 108 Å². The van der Waals surface area contributed by atoms with Gasteiger partial charge in [0.2, 0.25) is 5.91 Å². The van der Waals surface area contributed by atoms with Gasteiger partial charge in [-0.2, -0.15) is 0 Å². The summed E-state index contributed by atoms with van der Waals surface area (Å²) in [7, 11) is 5.72. The van der Waals surface area contributed by atoms with Crippen molar-refractivity contribution in [2.24, 2.45) is 16.5 Å². The maximum absolute atomic E-state index is 13.8. The molecule has 3 atom stereocenters. The molecule has 11 nitrogen and oxygen atoms in total. The second-order valence-electron chi connectivity index (χ2n) is 12.7. The van der Waals surface area contributed by atoms with E-state index in [0.29, 0.717) is 37.1 Å². The van der Waals surface area contributed by atoms with Crippen molar-refractivity contribution in [2.75, 3.05) is 34.2 Å². The number of ether oxygens (including phenoxy) is 1. The Morgan fingerprint density at radius 1 is 0.860 bits per heavy atom. The van der Waals surface area contributed by atoms with Gasteiger partial charge in [0.05, 0.1) is 5.41 Å². The van der Waals surface area contributed by atoms with E-state index in [0.717, 1.165) is 11.1 Å². The Balaban J connectivity index is 1.79. The van der Waals surface area contributed by atoms with Crippen molar-refractivity contribution in [1.82, 2.24) is 20.4 Å². The van der Waals surface area contributed by atoms with Crippen molar-refractivity contribution < 1.29 is 19.1 Å². The van der Waals surface area contributed by atoms with Crippen LogP contribution in [0.4, 0.5) is 4.79 Å². The lowest BCUT2D eigenvalue weighted by Gasteiger charge is -2.40. The number of guanidine groups is 1. The molecule has 11 heteroatoms. The van der Waals surface area contributed by atoms with Gasteiger partial charge in [0.25, 0.3) is 5.91 Å². The monoisotopic (exact) mass is 683 g/mol. The van der Waals surface area contributed by atoms with Crippen LogP contribution in [-0.2, 0) is 14.9 Å². The minimum Gasteiger partial charge on any atom is -0.414 e. The van der Waals surface area contributed by atoms with Gasteiger partial charge in [0.15, 0.2) is 5.96 Å². The molecule has 0 aliphatic rings. The topological polar surface area (TPSA) is 155 Å². The Bertz CT molecular complexity index is 1540. The van der Waals surface area contributed by atoms with E-state index in [1.165, 1.54) is 4.90 Å². The zero-order valence-corrected chi connectivity index (χ0v) is 30.1. The van der Waals surface area contributed by atoms with Crippen molar-refractivity contribution in [1.29, 1.82) is 0 Å². The molecule has 268 valence electrons. The molecule has 0 aromatic heterocycles. The summed E-state index contributed by atoms with van der Waals surface area (Å²) < 4.78 is 6.31. The highest BCUT2D eigenvalue weighted by molar-refractivity contribution is 5.97. The summed E-state index contributed by atoms with van der Waals surface area (Å²) in [6.07, 6.45) is 2.73. The molecule has 0 saturated carbocycles. The quantitative estimate of drug-likeness (QED) is 0.0699. The zero-order chi connectivity index (χ0) is 36.7. The number of aliphatic imine (C=N–C) groups is 1. The molecule has 0 radical (unpaired) electrons. The second-order valence-corrected chi connectivity index (χ2v) is 12.7. The Kier molecular flexibility index (Phi) is 15.0. The van der Waals surface area contributed by atoms with Crippen LogP contribution in [0.2, 0.25) is 0 Å². The fourth-order valence-electron chi connectivity index (χ4n) is 5.71. The lowest BCUT2D eigenvalue weighted by atomic mass is 9.68. The molecular weight excluding hydrogens is 630 g/mol. The van der Waals surface area contributed by atoms with E-state index in [9.17, 15) is 14.4 Å². The number of amides is 3. The number of likely N-dealkylation sites (N-methyl/N-ethyl adjacent to an activating group) is 1. The first-order valence-corrected chi connectivity index (χ1v) is 17.0. The molecule has 0 fully saturated rings. The summed E-state index contributed by atoms with van der Waals surface area (Å²) in [5, 5.41) is 5.73. The van der Waals surface area contributed by atoms with E-state index in [2.05, 4.69) is 51.7 Å². The predicted octanol–water partition coefficient (Wildman–Crippen LogP) is 4.64. The number of carbonyl (C=O) groups is 3. The Hall–Kier alpha value is -5.16. The Morgan fingerprint density at radius 2 is 1.40 bits per heavy atom. The van der Waals surface area contributed by atoms with Crippen molar-refractivity contribution in [2.45, 2.75) is 63.6 Å². The third-order valence-electron chi connectivity index (χ3n) is 9.02. The maximum atomic E-state index is 13.8. The van der Waals surface area contributed by atoms with E-state index >= 15 is 0 Å². The molecule has 3 aromatic carbocycles. The average molecular weight is 684 g/mol. The highest BCUT2D eigenvalue weighted by Gasteiger charge is 2.42. The third-order valence-corrected chi connectivity index (χ3v) is 9.02. The molecule has 3 aromatic rings. The standard InChI is InChI=1S/C39H53N7O4/c1-7-34(39(26-28(2)45(4)5,31-20-13-9-14-21-31)32-22-15-10-16-23-32)50-38(49)46(6)29(3)27-43-36(48)33(24-17-25-42-37(40)41)44-35(47)30-18-11-8-12-19-30/h7-16,18-23,28-29,33H,17,24-27H2,1-6H3,(H,43,48)(H,44,47)(H4,40,41,42)/t28?,29?,33-/m0/s1. The Labute approximate surface area is 296 Å². The Morgan fingerprint density at radius 3 is 1.90 bits per heavy atom. The third kappa shape index (κ3) is 10.7. The summed E-state index contributed by atoms with van der Waals surface area (Å²) in [4.78, 5) is 47.8. The predicted molar refractivity (Wildman–Crippen MR) is 200 cm³/mol. The molecule has 0 heterocycles. The van der Waals surface area contributed by atoms with Gasteiger partial charge < -0.3 is 36.6 Å². The average Bonchev–Trinajstić information content (AvgIpc) is 3.13. The van der Waals surface area contributed by atoms with Crippen LogP contribution in [-0.4, -0.2) is 86.0 Å². The number of allylic oxidation sites excluding steroid dienone is 2. The van der Waals surface area contributed by atoms with E-state index < -0.39 is 23.6 Å². The van der Waals surface area contributed by atoms with Crippen molar-refractivity contribution in [3.05, 3.63) is 120 Å². The number of nitrogens with one attached hydrogen (secondary N) is 2. The minimum atomic E-state index is -0.841. The molecule has 0 bridgehead atoms. The first-order chi connectivity index (χ1) is 23.9. The molecule has 0 aliphatic heterocycles. The van der Waals surface area contributed by atoms with Crippen molar-refractivity contribution in [3.63, 3.8) is 0 Å². The van der Waals surface area contributed by atoms with Crippen LogP contribution in [0.25, 0.3) is 0 Å². The highest BCUT2D eigenvalue weighted by Crippen LogP contribution is 2.44. The van der Waals surface area contributed by atoms with E-state index in [-0.39, 0.29) is 30.4 Å². The van der Waals surface area contributed by atoms with Crippen LogP contribution >= 0.6 is 0 Å². The molecule has 0 spiro atoms. The molecule has 0 aliphatic carbocycles.